The maximum absolute atomic E-state index is 11.2. The highest BCUT2D eigenvalue weighted by Gasteiger charge is 2.16. The summed E-state index contributed by atoms with van der Waals surface area (Å²) in [6, 6.07) is 28.6. The molecule has 2 aromatic carbocycles. The molecule has 1 unspecified atom stereocenters. The van der Waals surface area contributed by atoms with Gasteiger partial charge in [-0.25, -0.2) is 0 Å². The summed E-state index contributed by atoms with van der Waals surface area (Å²) in [5.74, 6) is -0.949. The second-order valence-corrected chi connectivity index (χ2v) is 10.0. The van der Waals surface area contributed by atoms with Crippen LogP contribution in [0.25, 0.3) is 20.9 Å². The van der Waals surface area contributed by atoms with Crippen molar-refractivity contribution in [3.05, 3.63) is 94.7 Å². The van der Waals surface area contributed by atoms with Gasteiger partial charge in [-0.3, -0.25) is 9.69 Å². The number of carboxylic acids is 1. The third kappa shape index (κ3) is 5.93. The van der Waals surface area contributed by atoms with Gasteiger partial charge in [0.25, 0.3) is 0 Å². The molecule has 4 rings (SSSR count). The summed E-state index contributed by atoms with van der Waals surface area (Å²) in [6.45, 7) is 2.16. The lowest BCUT2D eigenvalue weighted by molar-refractivity contribution is -0.138. The molecule has 0 amide bonds. The predicted octanol–water partition coefficient (Wildman–Crippen LogP) is 5.95. The van der Waals surface area contributed by atoms with E-state index in [2.05, 4.69) is 77.7 Å². The number of thiophene rings is 2. The molecular weight excluding hydrogens is 436 g/mol. The van der Waals surface area contributed by atoms with E-state index in [4.69, 9.17) is 5.73 Å². The number of rotatable bonds is 10. The first-order chi connectivity index (χ1) is 15.6. The van der Waals surface area contributed by atoms with Crippen LogP contribution in [-0.2, 0) is 17.9 Å². The standard InChI is InChI=1S/C26H26N2O2S2/c27-23(26(29)30)15-16-28(17-21-11-13-24(31-21)19-7-3-1-4-8-19)18-22-12-14-25(32-22)20-9-5-2-6-10-20/h1-14,23H,15-18,27H2,(H,29,30). The Morgan fingerprint density at radius 1 is 0.781 bits per heavy atom. The Balaban J connectivity index is 1.48. The van der Waals surface area contributed by atoms with Crippen molar-refractivity contribution in [1.29, 1.82) is 0 Å². The maximum Gasteiger partial charge on any atom is 0.320 e. The van der Waals surface area contributed by atoms with Gasteiger partial charge in [-0.05, 0) is 41.8 Å². The van der Waals surface area contributed by atoms with Gasteiger partial charge in [-0.15, -0.1) is 22.7 Å². The molecule has 2 aromatic heterocycles. The summed E-state index contributed by atoms with van der Waals surface area (Å²) in [7, 11) is 0. The number of nitrogens with zero attached hydrogens (tertiary/aromatic N) is 1. The average Bonchev–Trinajstić information content (AvgIpc) is 3.48. The summed E-state index contributed by atoms with van der Waals surface area (Å²) in [5.41, 5.74) is 8.22. The summed E-state index contributed by atoms with van der Waals surface area (Å²) < 4.78 is 0. The molecule has 0 spiro atoms. The number of benzene rings is 2. The smallest absolute Gasteiger partial charge is 0.320 e. The van der Waals surface area contributed by atoms with Gasteiger partial charge in [-0.2, -0.15) is 0 Å². The Kier molecular flexibility index (Phi) is 7.50. The first kappa shape index (κ1) is 22.4. The SMILES string of the molecule is NC(CCN(Cc1ccc(-c2ccccc2)s1)Cc1ccc(-c2ccccc2)s1)C(=O)O. The van der Waals surface area contributed by atoms with Gasteiger partial charge < -0.3 is 10.8 Å². The molecular formula is C26H26N2O2S2. The van der Waals surface area contributed by atoms with Crippen LogP contribution in [0, 0.1) is 0 Å². The van der Waals surface area contributed by atoms with Crippen molar-refractivity contribution in [2.75, 3.05) is 6.54 Å². The fourth-order valence-electron chi connectivity index (χ4n) is 3.54. The Hall–Kier alpha value is -2.77. The monoisotopic (exact) mass is 462 g/mol. The topological polar surface area (TPSA) is 66.6 Å². The Morgan fingerprint density at radius 3 is 1.69 bits per heavy atom. The Labute approximate surface area is 196 Å². The fourth-order valence-corrected chi connectivity index (χ4v) is 5.65. The normalized spacial score (nSPS) is 12.2. The molecule has 3 N–H and O–H groups in total. The van der Waals surface area contributed by atoms with E-state index >= 15 is 0 Å². The summed E-state index contributed by atoms with van der Waals surface area (Å²) in [4.78, 5) is 18.5. The lowest BCUT2D eigenvalue weighted by Gasteiger charge is -2.22. The van der Waals surface area contributed by atoms with Gasteiger partial charge in [0.05, 0.1) is 0 Å². The molecule has 164 valence electrons. The second kappa shape index (κ2) is 10.7. The molecule has 2 heterocycles. The number of hydrogen-bond donors (Lipinski definition) is 2. The molecule has 0 aliphatic heterocycles. The molecule has 6 heteroatoms. The zero-order chi connectivity index (χ0) is 22.3. The van der Waals surface area contributed by atoms with Gasteiger partial charge in [0.15, 0.2) is 0 Å². The Bertz CT molecular complexity index is 1060. The average molecular weight is 463 g/mol. The van der Waals surface area contributed by atoms with Gasteiger partial charge >= 0.3 is 5.97 Å². The molecule has 0 saturated heterocycles. The minimum Gasteiger partial charge on any atom is -0.480 e. The van der Waals surface area contributed by atoms with Crippen molar-refractivity contribution >= 4 is 28.6 Å². The van der Waals surface area contributed by atoms with Crippen LogP contribution in [0.2, 0.25) is 0 Å². The molecule has 1 atom stereocenters. The first-order valence-corrected chi connectivity index (χ1v) is 12.2. The minimum absolute atomic E-state index is 0.420. The van der Waals surface area contributed by atoms with Crippen LogP contribution < -0.4 is 5.73 Å². The van der Waals surface area contributed by atoms with E-state index in [0.717, 1.165) is 13.1 Å². The van der Waals surface area contributed by atoms with Gasteiger partial charge in [0.1, 0.15) is 6.04 Å². The molecule has 4 aromatic rings. The van der Waals surface area contributed by atoms with Gasteiger partial charge in [-0.1, -0.05) is 60.7 Å². The molecule has 0 aliphatic rings. The summed E-state index contributed by atoms with van der Waals surface area (Å²) in [6.07, 6.45) is 0.420. The van der Waals surface area contributed by atoms with Crippen LogP contribution >= 0.6 is 22.7 Å². The van der Waals surface area contributed by atoms with Crippen molar-refractivity contribution in [3.63, 3.8) is 0 Å². The quantitative estimate of drug-likeness (QED) is 0.306. The van der Waals surface area contributed by atoms with Crippen LogP contribution in [0.1, 0.15) is 16.2 Å². The summed E-state index contributed by atoms with van der Waals surface area (Å²) >= 11 is 3.56. The minimum atomic E-state index is -0.949. The molecule has 0 aliphatic carbocycles. The van der Waals surface area contributed by atoms with Gasteiger partial charge in [0.2, 0.25) is 0 Å². The van der Waals surface area contributed by atoms with E-state index in [0.29, 0.717) is 13.0 Å². The number of nitrogens with two attached hydrogens (primary N) is 1. The van der Waals surface area contributed by atoms with E-state index in [1.807, 2.05) is 12.1 Å². The number of aliphatic carboxylic acids is 1. The number of hydrogen-bond acceptors (Lipinski definition) is 5. The van der Waals surface area contributed by atoms with E-state index in [-0.39, 0.29) is 0 Å². The first-order valence-electron chi connectivity index (χ1n) is 10.6. The largest absolute Gasteiger partial charge is 0.480 e. The Morgan fingerprint density at radius 2 is 1.25 bits per heavy atom. The lowest BCUT2D eigenvalue weighted by atomic mass is 10.2. The van der Waals surface area contributed by atoms with E-state index in [9.17, 15) is 9.90 Å². The third-order valence-electron chi connectivity index (χ3n) is 5.27. The van der Waals surface area contributed by atoms with Crippen LogP contribution in [-0.4, -0.2) is 28.6 Å². The van der Waals surface area contributed by atoms with Gasteiger partial charge in [0, 0.05) is 39.1 Å². The molecule has 32 heavy (non-hydrogen) atoms. The van der Waals surface area contributed by atoms with Crippen molar-refractivity contribution in [2.45, 2.75) is 25.6 Å². The van der Waals surface area contributed by atoms with Crippen LogP contribution in [0.3, 0.4) is 0 Å². The van der Waals surface area contributed by atoms with Crippen molar-refractivity contribution < 1.29 is 9.90 Å². The lowest BCUT2D eigenvalue weighted by Crippen LogP contribution is -2.35. The van der Waals surface area contributed by atoms with Crippen molar-refractivity contribution in [3.8, 4) is 20.9 Å². The zero-order valence-corrected chi connectivity index (χ0v) is 19.3. The van der Waals surface area contributed by atoms with Crippen LogP contribution in [0.5, 0.6) is 0 Å². The third-order valence-corrected chi connectivity index (χ3v) is 7.51. The zero-order valence-electron chi connectivity index (χ0n) is 17.7. The highest BCUT2D eigenvalue weighted by Crippen LogP contribution is 2.31. The summed E-state index contributed by atoms with van der Waals surface area (Å²) in [5, 5.41) is 9.19. The number of carbonyl (C=O) groups is 1. The molecule has 4 nitrogen and oxygen atoms in total. The highest BCUT2D eigenvalue weighted by molar-refractivity contribution is 7.15. The molecule has 0 saturated carbocycles. The molecule has 0 fully saturated rings. The number of carboxylic acid groups (broad SMARTS) is 1. The molecule has 0 bridgehead atoms. The molecule has 0 radical (unpaired) electrons. The van der Waals surface area contributed by atoms with Crippen molar-refractivity contribution in [2.24, 2.45) is 5.73 Å². The van der Waals surface area contributed by atoms with Crippen LogP contribution in [0.15, 0.2) is 84.9 Å². The van der Waals surface area contributed by atoms with Crippen molar-refractivity contribution in [1.82, 2.24) is 4.90 Å². The highest BCUT2D eigenvalue weighted by atomic mass is 32.1. The van der Waals surface area contributed by atoms with E-state index in [1.165, 1.54) is 30.6 Å². The van der Waals surface area contributed by atoms with E-state index < -0.39 is 12.0 Å². The predicted molar refractivity (Wildman–Crippen MR) is 134 cm³/mol. The fraction of sp³-hybridized carbons (Fsp3) is 0.192. The maximum atomic E-state index is 11.2. The van der Waals surface area contributed by atoms with Crippen LogP contribution in [0.4, 0.5) is 0 Å². The second-order valence-electron chi connectivity index (χ2n) is 7.71. The van der Waals surface area contributed by atoms with E-state index in [1.54, 1.807) is 22.7 Å².